The van der Waals surface area contributed by atoms with Crippen LogP contribution in [-0.4, -0.2) is 4.57 Å². The first-order chi connectivity index (χ1) is 6.74. The zero-order valence-corrected chi connectivity index (χ0v) is 8.79. The molecule has 2 nitrogen and oxygen atoms in total. The van der Waals surface area contributed by atoms with Crippen molar-refractivity contribution >= 4 is 23.5 Å². The Morgan fingerprint density at radius 3 is 2.79 bits per heavy atom. The van der Waals surface area contributed by atoms with Gasteiger partial charge in [-0.05, 0) is 24.4 Å². The topological polar surface area (TPSA) is 22.0 Å². The maximum absolute atomic E-state index is 11.7. The Morgan fingerprint density at radius 2 is 2.07 bits per heavy atom. The summed E-state index contributed by atoms with van der Waals surface area (Å²) in [6, 6.07) is 9.65. The lowest BCUT2D eigenvalue weighted by molar-refractivity contribution is 0.744. The van der Waals surface area contributed by atoms with Crippen molar-refractivity contribution in [2.75, 3.05) is 0 Å². The van der Waals surface area contributed by atoms with Crippen molar-refractivity contribution in [3.8, 4) is 0 Å². The van der Waals surface area contributed by atoms with Crippen LogP contribution in [0.5, 0.6) is 0 Å². The Morgan fingerprint density at radius 1 is 1.36 bits per heavy atom. The highest BCUT2D eigenvalue weighted by Crippen LogP contribution is 2.14. The van der Waals surface area contributed by atoms with Gasteiger partial charge in [-0.2, -0.15) is 0 Å². The number of nitrogens with zero attached hydrogens (tertiary/aromatic N) is 1. The fourth-order valence-electron chi connectivity index (χ4n) is 1.63. The maximum Gasteiger partial charge on any atom is 0.264 e. The Hall–Kier alpha value is -1.22. The van der Waals surface area contributed by atoms with Crippen molar-refractivity contribution in [2.24, 2.45) is 0 Å². The van der Waals surface area contributed by atoms with Gasteiger partial charge in [0.15, 0.2) is 0 Å². The summed E-state index contributed by atoms with van der Waals surface area (Å²) < 4.78 is 1.73. The normalized spacial score (nSPS) is 10.7. The van der Waals surface area contributed by atoms with Crippen LogP contribution in [-0.2, 0) is 6.54 Å². The minimum atomic E-state index is -0.0190. The molecule has 1 heterocycles. The summed E-state index contributed by atoms with van der Waals surface area (Å²) in [5.41, 5.74) is 0.951. The molecule has 1 aromatic heterocycles. The molecular formula is C11H11NOS. The molecule has 1 aromatic carbocycles. The molecular weight excluding hydrogens is 194 g/mol. The first-order valence-corrected chi connectivity index (χ1v) is 5.00. The zero-order chi connectivity index (χ0) is 10.1. The molecule has 0 spiro atoms. The van der Waals surface area contributed by atoms with Crippen molar-refractivity contribution in [2.45, 2.75) is 18.4 Å². The van der Waals surface area contributed by atoms with Gasteiger partial charge < -0.3 is 4.57 Å². The van der Waals surface area contributed by atoms with E-state index in [1.165, 1.54) is 0 Å². The standard InChI is InChI=1S/C11H11NOS/c1-2-12-9-6-4-3-5-8(9)7-10(14)11(12)13/h3-7,14H,2H2,1H3. The van der Waals surface area contributed by atoms with E-state index in [0.717, 1.165) is 10.9 Å². The molecule has 14 heavy (non-hydrogen) atoms. The van der Waals surface area contributed by atoms with Gasteiger partial charge in [0.1, 0.15) is 0 Å². The van der Waals surface area contributed by atoms with E-state index in [1.54, 1.807) is 4.57 Å². The first kappa shape index (κ1) is 9.34. The van der Waals surface area contributed by atoms with E-state index in [4.69, 9.17) is 0 Å². The lowest BCUT2D eigenvalue weighted by Gasteiger charge is -2.08. The van der Waals surface area contributed by atoms with Gasteiger partial charge in [0.05, 0.1) is 10.4 Å². The highest BCUT2D eigenvalue weighted by atomic mass is 32.1. The first-order valence-electron chi connectivity index (χ1n) is 4.55. The van der Waals surface area contributed by atoms with Crippen LogP contribution < -0.4 is 5.56 Å². The van der Waals surface area contributed by atoms with Crippen molar-refractivity contribution in [1.82, 2.24) is 4.57 Å². The van der Waals surface area contributed by atoms with Crippen molar-refractivity contribution in [3.63, 3.8) is 0 Å². The Labute approximate surface area is 87.6 Å². The number of aryl methyl sites for hydroxylation is 1. The van der Waals surface area contributed by atoms with Gasteiger partial charge in [-0.25, -0.2) is 0 Å². The predicted molar refractivity (Wildman–Crippen MR) is 61.1 cm³/mol. The largest absolute Gasteiger partial charge is 0.308 e. The Kier molecular flexibility index (Phi) is 2.33. The zero-order valence-electron chi connectivity index (χ0n) is 7.90. The van der Waals surface area contributed by atoms with Crippen LogP contribution in [0.2, 0.25) is 0 Å². The minimum absolute atomic E-state index is 0.0190. The van der Waals surface area contributed by atoms with Gasteiger partial charge in [0.25, 0.3) is 5.56 Å². The van der Waals surface area contributed by atoms with E-state index in [1.807, 2.05) is 37.3 Å². The van der Waals surface area contributed by atoms with Gasteiger partial charge in [-0.3, -0.25) is 4.79 Å². The number of benzene rings is 1. The Bertz CT molecular complexity index is 530. The van der Waals surface area contributed by atoms with E-state index in [-0.39, 0.29) is 5.56 Å². The predicted octanol–water partition coefficient (Wildman–Crippen LogP) is 2.31. The number of aromatic nitrogens is 1. The van der Waals surface area contributed by atoms with Crippen LogP contribution in [0.15, 0.2) is 40.0 Å². The molecule has 0 bridgehead atoms. The molecule has 0 aliphatic carbocycles. The average molecular weight is 205 g/mol. The molecule has 0 fully saturated rings. The van der Waals surface area contributed by atoms with Crippen molar-refractivity contribution in [1.29, 1.82) is 0 Å². The number of pyridine rings is 1. The number of para-hydroxylation sites is 1. The van der Waals surface area contributed by atoms with Gasteiger partial charge in [-0.1, -0.05) is 18.2 Å². The van der Waals surface area contributed by atoms with E-state index in [9.17, 15) is 4.79 Å². The van der Waals surface area contributed by atoms with Crippen LogP contribution in [0.4, 0.5) is 0 Å². The number of fused-ring (bicyclic) bond motifs is 1. The summed E-state index contributed by atoms with van der Waals surface area (Å²) in [6.45, 7) is 2.63. The van der Waals surface area contributed by atoms with Crippen LogP contribution in [0.3, 0.4) is 0 Å². The van der Waals surface area contributed by atoms with Crippen molar-refractivity contribution < 1.29 is 0 Å². The van der Waals surface area contributed by atoms with Crippen LogP contribution in [0, 0.1) is 0 Å². The third-order valence-electron chi connectivity index (χ3n) is 2.30. The molecule has 0 saturated heterocycles. The number of hydrogen-bond donors (Lipinski definition) is 1. The fourth-order valence-corrected chi connectivity index (χ4v) is 1.89. The lowest BCUT2D eigenvalue weighted by atomic mass is 10.2. The summed E-state index contributed by atoms with van der Waals surface area (Å²) in [6.07, 6.45) is 0. The van der Waals surface area contributed by atoms with Crippen LogP contribution in [0.25, 0.3) is 10.9 Å². The highest BCUT2D eigenvalue weighted by molar-refractivity contribution is 7.80. The van der Waals surface area contributed by atoms with E-state index in [0.29, 0.717) is 11.4 Å². The monoisotopic (exact) mass is 205 g/mol. The molecule has 2 aromatic rings. The minimum Gasteiger partial charge on any atom is -0.308 e. The van der Waals surface area contributed by atoms with E-state index < -0.39 is 0 Å². The van der Waals surface area contributed by atoms with Crippen molar-refractivity contribution in [3.05, 3.63) is 40.7 Å². The molecule has 2 rings (SSSR count). The van der Waals surface area contributed by atoms with Gasteiger partial charge in [-0.15, -0.1) is 12.6 Å². The fraction of sp³-hybridized carbons (Fsp3) is 0.182. The van der Waals surface area contributed by atoms with Crippen LogP contribution in [0.1, 0.15) is 6.92 Å². The second-order valence-corrected chi connectivity index (χ2v) is 3.62. The van der Waals surface area contributed by atoms with E-state index >= 15 is 0 Å². The summed E-state index contributed by atoms with van der Waals surface area (Å²) in [7, 11) is 0. The molecule has 0 amide bonds. The van der Waals surface area contributed by atoms with Gasteiger partial charge >= 0.3 is 0 Å². The molecule has 0 unspecified atom stereocenters. The maximum atomic E-state index is 11.7. The van der Waals surface area contributed by atoms with Gasteiger partial charge in [0.2, 0.25) is 0 Å². The smallest absolute Gasteiger partial charge is 0.264 e. The summed E-state index contributed by atoms with van der Waals surface area (Å²) >= 11 is 4.16. The molecule has 0 atom stereocenters. The summed E-state index contributed by atoms with van der Waals surface area (Å²) in [5.74, 6) is 0. The van der Waals surface area contributed by atoms with Gasteiger partial charge in [0, 0.05) is 6.54 Å². The highest BCUT2D eigenvalue weighted by Gasteiger charge is 2.03. The molecule has 0 radical (unpaired) electrons. The summed E-state index contributed by atoms with van der Waals surface area (Å²) in [4.78, 5) is 12.2. The quantitative estimate of drug-likeness (QED) is 0.709. The molecule has 0 aliphatic rings. The average Bonchev–Trinajstić information content (AvgIpc) is 2.20. The Balaban J connectivity index is 2.96. The molecule has 3 heteroatoms. The second-order valence-electron chi connectivity index (χ2n) is 3.14. The van der Waals surface area contributed by atoms with E-state index in [2.05, 4.69) is 12.6 Å². The summed E-state index contributed by atoms with van der Waals surface area (Å²) in [5, 5.41) is 1.05. The molecule has 0 saturated carbocycles. The third-order valence-corrected chi connectivity index (χ3v) is 2.62. The number of thiol groups is 1. The SMILES string of the molecule is CCn1c(=O)c(S)cc2ccccc21. The second kappa shape index (κ2) is 3.50. The molecule has 0 aliphatic heterocycles. The molecule has 72 valence electrons. The lowest BCUT2D eigenvalue weighted by Crippen LogP contribution is -2.20. The van der Waals surface area contributed by atoms with Crippen LogP contribution >= 0.6 is 12.6 Å². The number of hydrogen-bond acceptors (Lipinski definition) is 2. The molecule has 0 N–H and O–H groups in total. The number of rotatable bonds is 1. The third kappa shape index (κ3) is 1.34.